The number of piperidine rings is 1. The molecule has 100 valence electrons. The zero-order chi connectivity index (χ0) is 12.8. The third-order valence-electron chi connectivity index (χ3n) is 3.96. The Balaban J connectivity index is 2.14. The summed E-state index contributed by atoms with van der Waals surface area (Å²) in [6, 6.07) is 6.74. The van der Waals surface area contributed by atoms with Crippen molar-refractivity contribution in [2.45, 2.75) is 45.4 Å². The van der Waals surface area contributed by atoms with E-state index in [1.165, 1.54) is 56.4 Å². The molecular formula is C16H26N2. The molecular weight excluding hydrogens is 220 g/mol. The van der Waals surface area contributed by atoms with Crippen LogP contribution in [-0.4, -0.2) is 19.6 Å². The van der Waals surface area contributed by atoms with Crippen LogP contribution in [0.5, 0.6) is 0 Å². The van der Waals surface area contributed by atoms with Crippen molar-refractivity contribution in [2.75, 3.05) is 24.5 Å². The molecule has 1 aliphatic heterocycles. The van der Waals surface area contributed by atoms with Crippen LogP contribution in [0.2, 0.25) is 0 Å². The van der Waals surface area contributed by atoms with Gasteiger partial charge in [0, 0.05) is 18.8 Å². The third kappa shape index (κ3) is 3.26. The highest BCUT2D eigenvalue weighted by Crippen LogP contribution is 2.27. The number of nitrogens with zero attached hydrogens (tertiary/aromatic N) is 1. The summed E-state index contributed by atoms with van der Waals surface area (Å²) in [4.78, 5) is 2.58. The van der Waals surface area contributed by atoms with E-state index >= 15 is 0 Å². The Labute approximate surface area is 111 Å². The number of anilines is 1. The summed E-state index contributed by atoms with van der Waals surface area (Å²) in [5.74, 6) is 0. The minimum atomic E-state index is 0.810. The van der Waals surface area contributed by atoms with Crippen LogP contribution in [0, 0.1) is 6.92 Å². The van der Waals surface area contributed by atoms with Gasteiger partial charge in [0.25, 0.3) is 0 Å². The summed E-state index contributed by atoms with van der Waals surface area (Å²) < 4.78 is 0. The van der Waals surface area contributed by atoms with E-state index in [0.29, 0.717) is 0 Å². The number of unbranched alkanes of at least 4 members (excludes halogenated alkanes) is 1. The van der Waals surface area contributed by atoms with Gasteiger partial charge in [0.15, 0.2) is 0 Å². The quantitative estimate of drug-likeness (QED) is 0.808. The zero-order valence-corrected chi connectivity index (χ0v) is 11.6. The summed E-state index contributed by atoms with van der Waals surface area (Å²) in [6.45, 7) is 5.51. The number of hydrogen-bond acceptors (Lipinski definition) is 2. The molecule has 0 spiro atoms. The van der Waals surface area contributed by atoms with Gasteiger partial charge in [-0.1, -0.05) is 12.1 Å². The fourth-order valence-electron chi connectivity index (χ4n) is 2.89. The molecule has 0 bridgehead atoms. The van der Waals surface area contributed by atoms with Crippen molar-refractivity contribution in [3.8, 4) is 0 Å². The highest BCUT2D eigenvalue weighted by atomic mass is 15.1. The molecule has 0 unspecified atom stereocenters. The van der Waals surface area contributed by atoms with Crippen LogP contribution < -0.4 is 10.6 Å². The molecule has 2 rings (SSSR count). The summed E-state index contributed by atoms with van der Waals surface area (Å²) in [7, 11) is 0. The number of aryl methyl sites for hydroxylation is 1. The minimum absolute atomic E-state index is 0.810. The van der Waals surface area contributed by atoms with Crippen LogP contribution in [0.4, 0.5) is 5.69 Å². The molecule has 1 fully saturated rings. The zero-order valence-electron chi connectivity index (χ0n) is 11.6. The average Bonchev–Trinajstić information content (AvgIpc) is 2.42. The topological polar surface area (TPSA) is 29.3 Å². The first-order chi connectivity index (χ1) is 8.83. The Morgan fingerprint density at radius 1 is 1.11 bits per heavy atom. The van der Waals surface area contributed by atoms with Crippen molar-refractivity contribution in [1.82, 2.24) is 0 Å². The molecule has 1 aromatic carbocycles. The van der Waals surface area contributed by atoms with Crippen molar-refractivity contribution < 1.29 is 0 Å². The SMILES string of the molecule is Cc1cccc(N2CCCCC2)c1CCCCN. The van der Waals surface area contributed by atoms with Crippen LogP contribution >= 0.6 is 0 Å². The average molecular weight is 246 g/mol. The first kappa shape index (κ1) is 13.4. The molecule has 0 radical (unpaired) electrons. The Bertz CT molecular complexity index is 367. The third-order valence-corrected chi connectivity index (χ3v) is 3.96. The Hall–Kier alpha value is -1.02. The summed E-state index contributed by atoms with van der Waals surface area (Å²) in [5.41, 5.74) is 10.1. The second-order valence-electron chi connectivity index (χ2n) is 5.37. The van der Waals surface area contributed by atoms with Crippen LogP contribution in [0.25, 0.3) is 0 Å². The van der Waals surface area contributed by atoms with Crippen LogP contribution in [-0.2, 0) is 6.42 Å². The predicted octanol–water partition coefficient (Wildman–Crippen LogP) is 3.27. The largest absolute Gasteiger partial charge is 0.371 e. The van der Waals surface area contributed by atoms with Gasteiger partial charge in [-0.3, -0.25) is 0 Å². The van der Waals surface area contributed by atoms with Gasteiger partial charge in [0.2, 0.25) is 0 Å². The first-order valence-electron chi connectivity index (χ1n) is 7.36. The van der Waals surface area contributed by atoms with E-state index in [2.05, 4.69) is 30.0 Å². The molecule has 2 nitrogen and oxygen atoms in total. The van der Waals surface area contributed by atoms with E-state index in [9.17, 15) is 0 Å². The highest BCUT2D eigenvalue weighted by molar-refractivity contribution is 5.57. The molecule has 0 amide bonds. The Morgan fingerprint density at radius 3 is 2.61 bits per heavy atom. The second kappa shape index (κ2) is 6.79. The lowest BCUT2D eigenvalue weighted by Crippen LogP contribution is -2.30. The summed E-state index contributed by atoms with van der Waals surface area (Å²) in [6.07, 6.45) is 7.60. The smallest absolute Gasteiger partial charge is 0.0401 e. The molecule has 0 aromatic heterocycles. The van der Waals surface area contributed by atoms with Crippen LogP contribution in [0.15, 0.2) is 18.2 Å². The van der Waals surface area contributed by atoms with Crippen molar-refractivity contribution in [2.24, 2.45) is 5.73 Å². The predicted molar refractivity (Wildman–Crippen MR) is 79.2 cm³/mol. The van der Waals surface area contributed by atoms with Gasteiger partial charge < -0.3 is 10.6 Å². The van der Waals surface area contributed by atoms with Gasteiger partial charge in [-0.05, 0) is 69.2 Å². The number of benzene rings is 1. The van der Waals surface area contributed by atoms with E-state index in [0.717, 1.165) is 13.0 Å². The van der Waals surface area contributed by atoms with Gasteiger partial charge in [0.05, 0.1) is 0 Å². The van der Waals surface area contributed by atoms with Crippen LogP contribution in [0.1, 0.15) is 43.2 Å². The molecule has 1 heterocycles. The lowest BCUT2D eigenvalue weighted by molar-refractivity contribution is 0.575. The van der Waals surface area contributed by atoms with Crippen molar-refractivity contribution in [3.63, 3.8) is 0 Å². The van der Waals surface area contributed by atoms with Gasteiger partial charge in [-0.2, -0.15) is 0 Å². The molecule has 1 saturated heterocycles. The van der Waals surface area contributed by atoms with E-state index in [-0.39, 0.29) is 0 Å². The van der Waals surface area contributed by atoms with Crippen LogP contribution in [0.3, 0.4) is 0 Å². The monoisotopic (exact) mass is 246 g/mol. The van der Waals surface area contributed by atoms with Gasteiger partial charge in [-0.15, -0.1) is 0 Å². The normalized spacial score (nSPS) is 16.0. The maximum atomic E-state index is 5.60. The van der Waals surface area contributed by atoms with Crippen molar-refractivity contribution >= 4 is 5.69 Å². The maximum Gasteiger partial charge on any atom is 0.0401 e. The van der Waals surface area contributed by atoms with E-state index in [1.54, 1.807) is 5.56 Å². The van der Waals surface area contributed by atoms with Gasteiger partial charge in [-0.25, -0.2) is 0 Å². The molecule has 2 heteroatoms. The maximum absolute atomic E-state index is 5.60. The fraction of sp³-hybridized carbons (Fsp3) is 0.625. The number of nitrogens with two attached hydrogens (primary N) is 1. The lowest BCUT2D eigenvalue weighted by atomic mass is 9.98. The molecule has 1 aliphatic rings. The van der Waals surface area contributed by atoms with Crippen molar-refractivity contribution in [1.29, 1.82) is 0 Å². The van der Waals surface area contributed by atoms with Crippen molar-refractivity contribution in [3.05, 3.63) is 29.3 Å². The molecule has 0 saturated carbocycles. The first-order valence-corrected chi connectivity index (χ1v) is 7.36. The van der Waals surface area contributed by atoms with E-state index in [4.69, 9.17) is 5.73 Å². The molecule has 18 heavy (non-hydrogen) atoms. The standard InChI is InChI=1S/C16H26N2/c1-14-8-7-10-16(15(14)9-3-4-11-17)18-12-5-2-6-13-18/h7-8,10H,2-6,9,11-13,17H2,1H3. The van der Waals surface area contributed by atoms with E-state index < -0.39 is 0 Å². The summed E-state index contributed by atoms with van der Waals surface area (Å²) in [5, 5.41) is 0. The molecule has 0 atom stereocenters. The molecule has 2 N–H and O–H groups in total. The van der Waals surface area contributed by atoms with Gasteiger partial charge >= 0.3 is 0 Å². The van der Waals surface area contributed by atoms with Gasteiger partial charge in [0.1, 0.15) is 0 Å². The molecule has 0 aliphatic carbocycles. The Morgan fingerprint density at radius 2 is 1.89 bits per heavy atom. The second-order valence-corrected chi connectivity index (χ2v) is 5.37. The molecule has 1 aromatic rings. The lowest BCUT2D eigenvalue weighted by Gasteiger charge is -2.31. The Kier molecular flexibility index (Phi) is 5.06. The number of rotatable bonds is 5. The minimum Gasteiger partial charge on any atom is -0.371 e. The summed E-state index contributed by atoms with van der Waals surface area (Å²) >= 11 is 0. The van der Waals surface area contributed by atoms with E-state index in [1.807, 2.05) is 0 Å². The number of hydrogen-bond donors (Lipinski definition) is 1. The fourth-order valence-corrected chi connectivity index (χ4v) is 2.89. The highest BCUT2D eigenvalue weighted by Gasteiger charge is 2.15.